The van der Waals surface area contributed by atoms with E-state index in [-0.39, 0.29) is 30.5 Å². The molecule has 2 amide bonds. The number of β-amino-alcohol motifs (C(OH)–C–C–N with tert-alkyl or cyclic N) is 1. The third-order valence-corrected chi connectivity index (χ3v) is 5.68. The number of urea groups is 1. The van der Waals surface area contributed by atoms with Crippen LogP contribution in [0.15, 0.2) is 30.3 Å². The Morgan fingerprint density at radius 1 is 1.29 bits per heavy atom. The Hall–Kier alpha value is -2.12. The average Bonchev–Trinajstić information content (AvgIpc) is 3.09. The van der Waals surface area contributed by atoms with Crippen LogP contribution in [0.3, 0.4) is 0 Å². The molecule has 2 heterocycles. The number of nitrogens with zero attached hydrogens (tertiary/aromatic N) is 1. The van der Waals surface area contributed by atoms with E-state index in [0.29, 0.717) is 32.4 Å². The van der Waals surface area contributed by atoms with Gasteiger partial charge in [-0.15, -0.1) is 0 Å². The molecule has 0 bridgehead atoms. The van der Waals surface area contributed by atoms with Crippen molar-refractivity contribution in [1.29, 1.82) is 0 Å². The summed E-state index contributed by atoms with van der Waals surface area (Å²) in [6, 6.07) is 9.21. The first kappa shape index (κ1) is 20.6. The minimum Gasteiger partial charge on any atom is -0.481 e. The Morgan fingerprint density at radius 2 is 2.07 bits per heavy atom. The highest BCUT2D eigenvalue weighted by Crippen LogP contribution is 2.30. The minimum atomic E-state index is -0.874. The van der Waals surface area contributed by atoms with Gasteiger partial charge in [0.2, 0.25) is 0 Å². The molecular formula is C21H30N2O5. The van der Waals surface area contributed by atoms with E-state index in [0.717, 1.165) is 25.0 Å². The Morgan fingerprint density at radius 3 is 2.75 bits per heavy atom. The van der Waals surface area contributed by atoms with Crippen LogP contribution in [0.1, 0.15) is 37.7 Å². The number of carbonyl (C=O) groups is 2. The largest absolute Gasteiger partial charge is 0.481 e. The molecule has 2 aliphatic heterocycles. The lowest BCUT2D eigenvalue weighted by Gasteiger charge is -2.34. The summed E-state index contributed by atoms with van der Waals surface area (Å²) in [5.74, 6) is -0.635. The lowest BCUT2D eigenvalue weighted by Crippen LogP contribution is -2.50. The van der Waals surface area contributed by atoms with Crippen LogP contribution in [0.25, 0.3) is 0 Å². The highest BCUT2D eigenvalue weighted by atomic mass is 16.5. The number of aliphatic hydroxyl groups excluding tert-OH is 1. The molecule has 2 fully saturated rings. The van der Waals surface area contributed by atoms with E-state index in [1.807, 2.05) is 30.3 Å². The molecule has 4 atom stereocenters. The van der Waals surface area contributed by atoms with E-state index in [9.17, 15) is 14.7 Å². The predicted octanol–water partition coefficient (Wildman–Crippen LogP) is 2.03. The molecule has 1 aromatic carbocycles. The summed E-state index contributed by atoms with van der Waals surface area (Å²) >= 11 is 0. The zero-order valence-electron chi connectivity index (χ0n) is 16.1. The van der Waals surface area contributed by atoms with Crippen LogP contribution in [0.4, 0.5) is 4.79 Å². The van der Waals surface area contributed by atoms with Crippen molar-refractivity contribution in [2.45, 2.75) is 56.7 Å². The van der Waals surface area contributed by atoms with Crippen molar-refractivity contribution in [2.24, 2.45) is 5.92 Å². The number of benzene rings is 1. The first-order chi connectivity index (χ1) is 13.5. The number of rotatable bonds is 7. The molecule has 3 rings (SSSR count). The molecule has 2 aliphatic rings. The number of hydrogen-bond acceptors (Lipinski definition) is 4. The van der Waals surface area contributed by atoms with Crippen LogP contribution in [0.5, 0.6) is 0 Å². The SMILES string of the molecule is O=C(O)CCC(Cc1ccccc1)NC(=O)N1CC(O)CC1C1CCCOC1. The van der Waals surface area contributed by atoms with Crippen LogP contribution in [-0.4, -0.2) is 65.1 Å². The molecule has 0 saturated carbocycles. The maximum Gasteiger partial charge on any atom is 0.317 e. The molecule has 0 aromatic heterocycles. The topological polar surface area (TPSA) is 99.1 Å². The van der Waals surface area contributed by atoms with E-state index in [1.165, 1.54) is 0 Å². The number of carbonyl (C=O) groups excluding carboxylic acids is 1. The van der Waals surface area contributed by atoms with Gasteiger partial charge in [-0.05, 0) is 37.7 Å². The van der Waals surface area contributed by atoms with E-state index in [2.05, 4.69) is 5.32 Å². The number of aliphatic carboxylic acids is 1. The summed E-state index contributed by atoms with van der Waals surface area (Å²) in [5.41, 5.74) is 1.05. The molecule has 154 valence electrons. The molecule has 7 heteroatoms. The number of aliphatic hydroxyl groups is 1. The molecule has 0 aliphatic carbocycles. The Balaban J connectivity index is 1.65. The predicted molar refractivity (Wildman–Crippen MR) is 104 cm³/mol. The van der Waals surface area contributed by atoms with Gasteiger partial charge in [-0.2, -0.15) is 0 Å². The molecule has 2 saturated heterocycles. The van der Waals surface area contributed by atoms with Gasteiger partial charge in [0.05, 0.1) is 12.7 Å². The fraction of sp³-hybridized carbons (Fsp3) is 0.619. The number of likely N-dealkylation sites (tertiary alicyclic amines) is 1. The van der Waals surface area contributed by atoms with Crippen molar-refractivity contribution in [2.75, 3.05) is 19.8 Å². The van der Waals surface area contributed by atoms with E-state index in [4.69, 9.17) is 9.84 Å². The van der Waals surface area contributed by atoms with Gasteiger partial charge in [-0.1, -0.05) is 30.3 Å². The Bertz CT molecular complexity index is 647. The number of hydrogen-bond donors (Lipinski definition) is 3. The van der Waals surface area contributed by atoms with E-state index < -0.39 is 12.1 Å². The van der Waals surface area contributed by atoms with Gasteiger partial charge < -0.3 is 25.2 Å². The second kappa shape index (κ2) is 9.89. The number of carboxylic acid groups (broad SMARTS) is 1. The van der Waals surface area contributed by atoms with Crippen LogP contribution in [-0.2, 0) is 16.0 Å². The third kappa shape index (κ3) is 5.69. The third-order valence-electron chi connectivity index (χ3n) is 5.68. The smallest absolute Gasteiger partial charge is 0.317 e. The van der Waals surface area contributed by atoms with E-state index in [1.54, 1.807) is 4.90 Å². The first-order valence-corrected chi connectivity index (χ1v) is 10.1. The minimum absolute atomic E-state index is 0.000296. The van der Waals surface area contributed by atoms with Gasteiger partial charge in [0.25, 0.3) is 0 Å². The highest BCUT2D eigenvalue weighted by molar-refractivity contribution is 5.75. The van der Waals surface area contributed by atoms with Crippen LogP contribution in [0.2, 0.25) is 0 Å². The molecule has 1 aromatic rings. The second-order valence-corrected chi connectivity index (χ2v) is 7.86. The van der Waals surface area contributed by atoms with Crippen molar-refractivity contribution in [3.05, 3.63) is 35.9 Å². The van der Waals surface area contributed by atoms with Crippen LogP contribution >= 0.6 is 0 Å². The van der Waals surface area contributed by atoms with Gasteiger partial charge in [0.1, 0.15) is 0 Å². The molecule has 3 N–H and O–H groups in total. The summed E-state index contributed by atoms with van der Waals surface area (Å²) < 4.78 is 5.58. The van der Waals surface area contributed by atoms with Crippen molar-refractivity contribution in [3.63, 3.8) is 0 Å². The van der Waals surface area contributed by atoms with Gasteiger partial charge >= 0.3 is 12.0 Å². The number of nitrogens with one attached hydrogen (secondary N) is 1. The Kier molecular flexibility index (Phi) is 7.28. The summed E-state index contributed by atoms with van der Waals surface area (Å²) in [5, 5.41) is 22.2. The lowest BCUT2D eigenvalue weighted by atomic mass is 9.92. The van der Waals surface area contributed by atoms with Crippen molar-refractivity contribution in [1.82, 2.24) is 10.2 Å². The summed E-state index contributed by atoms with van der Waals surface area (Å²) in [7, 11) is 0. The molecule has 4 unspecified atom stereocenters. The van der Waals surface area contributed by atoms with Crippen molar-refractivity contribution >= 4 is 12.0 Å². The normalized spacial score (nSPS) is 26.0. The number of ether oxygens (including phenoxy) is 1. The van der Waals surface area contributed by atoms with Crippen LogP contribution < -0.4 is 5.32 Å². The fourth-order valence-corrected chi connectivity index (χ4v) is 4.27. The summed E-state index contributed by atoms with van der Waals surface area (Å²) in [4.78, 5) is 25.8. The summed E-state index contributed by atoms with van der Waals surface area (Å²) in [6.07, 6.45) is 2.96. The number of carboxylic acids is 1. The van der Waals surface area contributed by atoms with Gasteiger partial charge in [-0.25, -0.2) is 4.79 Å². The zero-order chi connectivity index (χ0) is 19.9. The quantitative estimate of drug-likeness (QED) is 0.662. The molecule has 0 spiro atoms. The van der Waals surface area contributed by atoms with Gasteiger partial charge in [0, 0.05) is 37.6 Å². The number of amides is 2. The standard InChI is InChI=1S/C21H30N2O5/c24-18-12-19(16-7-4-10-28-14-16)23(13-18)21(27)22-17(8-9-20(25)26)11-15-5-2-1-3-6-15/h1-3,5-6,16-19,24H,4,7-14H2,(H,22,27)(H,25,26). The van der Waals surface area contributed by atoms with Crippen molar-refractivity contribution in [3.8, 4) is 0 Å². The second-order valence-electron chi connectivity index (χ2n) is 7.86. The van der Waals surface area contributed by atoms with Gasteiger partial charge in [-0.3, -0.25) is 4.79 Å². The monoisotopic (exact) mass is 390 g/mol. The average molecular weight is 390 g/mol. The zero-order valence-corrected chi connectivity index (χ0v) is 16.1. The maximum absolute atomic E-state index is 13.0. The van der Waals surface area contributed by atoms with Crippen LogP contribution in [0, 0.1) is 5.92 Å². The lowest BCUT2D eigenvalue weighted by molar-refractivity contribution is -0.137. The molecular weight excluding hydrogens is 360 g/mol. The highest BCUT2D eigenvalue weighted by Gasteiger charge is 2.40. The van der Waals surface area contributed by atoms with Crippen molar-refractivity contribution < 1.29 is 24.5 Å². The molecule has 28 heavy (non-hydrogen) atoms. The van der Waals surface area contributed by atoms with Gasteiger partial charge in [0.15, 0.2) is 0 Å². The Labute approximate surface area is 165 Å². The fourth-order valence-electron chi connectivity index (χ4n) is 4.27. The maximum atomic E-state index is 13.0. The first-order valence-electron chi connectivity index (χ1n) is 10.1. The van der Waals surface area contributed by atoms with E-state index >= 15 is 0 Å². The molecule has 7 nitrogen and oxygen atoms in total. The molecule has 0 radical (unpaired) electrons. The summed E-state index contributed by atoms with van der Waals surface area (Å²) in [6.45, 7) is 1.68.